The Morgan fingerprint density at radius 2 is 2.05 bits per heavy atom. The number of nitrogens with two attached hydrogens (primary N) is 1. The maximum absolute atomic E-state index is 12.1. The van der Waals surface area contributed by atoms with Crippen molar-refractivity contribution in [1.29, 1.82) is 0 Å². The van der Waals surface area contributed by atoms with Gasteiger partial charge in [0.25, 0.3) is 0 Å². The number of nitrogens with zero attached hydrogens (tertiary/aromatic N) is 2. The van der Waals surface area contributed by atoms with Gasteiger partial charge in [-0.2, -0.15) is 0 Å². The molecule has 5 nitrogen and oxygen atoms in total. The van der Waals surface area contributed by atoms with E-state index in [0.29, 0.717) is 17.5 Å². The summed E-state index contributed by atoms with van der Waals surface area (Å²) in [5.41, 5.74) is 7.70. The topological polar surface area (TPSA) is 80.9 Å². The molecule has 0 unspecified atom stereocenters. The summed E-state index contributed by atoms with van der Waals surface area (Å²) in [5, 5.41) is 3.20. The van der Waals surface area contributed by atoms with E-state index in [1.165, 1.54) is 17.3 Å². The van der Waals surface area contributed by atoms with Gasteiger partial charge in [-0.15, -0.1) is 0 Å². The van der Waals surface area contributed by atoms with Crippen LogP contribution in [0.1, 0.15) is 18.2 Å². The Kier molecular flexibility index (Phi) is 5.77. The fourth-order valence-electron chi connectivity index (χ4n) is 1.95. The Bertz CT molecular complexity index is 613. The number of rotatable bonds is 6. The monoisotopic (exact) mass is 316 g/mol. The van der Waals surface area contributed by atoms with Gasteiger partial charge in [0.1, 0.15) is 5.82 Å². The first-order chi connectivity index (χ1) is 10.5. The molecular formula is C16H20N4OS. The number of hydrogen-bond acceptors (Lipinski definition) is 5. The lowest BCUT2D eigenvalue weighted by atomic mass is 10.1. The molecule has 0 aliphatic carbocycles. The van der Waals surface area contributed by atoms with E-state index in [9.17, 15) is 4.79 Å². The molecule has 0 saturated carbocycles. The molecule has 1 aromatic heterocycles. The first-order valence-electron chi connectivity index (χ1n) is 7.14. The normalized spacial score (nSPS) is 11.9. The van der Waals surface area contributed by atoms with Crippen LogP contribution >= 0.6 is 11.8 Å². The number of carbonyl (C=O) groups excluding carboxylic acids is 1. The largest absolute Gasteiger partial charge is 0.384 e. The van der Waals surface area contributed by atoms with E-state index in [-0.39, 0.29) is 11.2 Å². The van der Waals surface area contributed by atoms with Crippen molar-refractivity contribution in [2.45, 2.75) is 30.7 Å². The number of amides is 1. The summed E-state index contributed by atoms with van der Waals surface area (Å²) >= 11 is 1.31. The molecule has 6 heteroatoms. The van der Waals surface area contributed by atoms with Crippen LogP contribution in [0.4, 0.5) is 5.82 Å². The average molecular weight is 316 g/mol. The highest BCUT2D eigenvalue weighted by Gasteiger charge is 2.16. The Hall–Kier alpha value is -2.08. The van der Waals surface area contributed by atoms with E-state index >= 15 is 0 Å². The molecule has 1 aromatic carbocycles. The van der Waals surface area contributed by atoms with Gasteiger partial charge in [0.2, 0.25) is 5.91 Å². The highest BCUT2D eigenvalue weighted by atomic mass is 32.2. The standard InChI is InChI=1S/C16H20N4OS/c1-11-10-14(17)20-16(19-11)22-12(2)15(21)18-9-8-13-6-4-3-5-7-13/h3-7,10,12H,8-9H2,1-2H3,(H,18,21)(H2,17,19,20)/t12-/m1/s1. The van der Waals surface area contributed by atoms with E-state index in [1.807, 2.05) is 44.2 Å². The van der Waals surface area contributed by atoms with Crippen LogP contribution in [-0.4, -0.2) is 27.7 Å². The maximum Gasteiger partial charge on any atom is 0.233 e. The first kappa shape index (κ1) is 16.3. The van der Waals surface area contributed by atoms with Crippen molar-refractivity contribution in [2.24, 2.45) is 0 Å². The molecule has 0 fully saturated rings. The van der Waals surface area contributed by atoms with E-state index in [1.54, 1.807) is 6.07 Å². The minimum Gasteiger partial charge on any atom is -0.384 e. The first-order valence-corrected chi connectivity index (χ1v) is 8.02. The highest BCUT2D eigenvalue weighted by molar-refractivity contribution is 8.00. The molecule has 0 aliphatic heterocycles. The van der Waals surface area contributed by atoms with Crippen LogP contribution in [0.25, 0.3) is 0 Å². The van der Waals surface area contributed by atoms with Crippen LogP contribution < -0.4 is 11.1 Å². The summed E-state index contributed by atoms with van der Waals surface area (Å²) in [6.45, 7) is 4.31. The molecule has 1 atom stereocenters. The van der Waals surface area contributed by atoms with Gasteiger partial charge in [-0.3, -0.25) is 4.79 Å². The fraction of sp³-hybridized carbons (Fsp3) is 0.312. The third kappa shape index (κ3) is 5.04. The smallest absolute Gasteiger partial charge is 0.233 e. The Morgan fingerprint density at radius 1 is 1.32 bits per heavy atom. The zero-order chi connectivity index (χ0) is 15.9. The zero-order valence-corrected chi connectivity index (χ0v) is 13.6. The van der Waals surface area contributed by atoms with Gasteiger partial charge >= 0.3 is 0 Å². The summed E-state index contributed by atoms with van der Waals surface area (Å²) in [6, 6.07) is 11.8. The molecule has 0 saturated heterocycles. The summed E-state index contributed by atoms with van der Waals surface area (Å²) in [4.78, 5) is 20.5. The molecule has 0 radical (unpaired) electrons. The van der Waals surface area contributed by atoms with Crippen molar-refractivity contribution in [1.82, 2.24) is 15.3 Å². The minimum atomic E-state index is -0.267. The molecular weight excluding hydrogens is 296 g/mol. The zero-order valence-electron chi connectivity index (χ0n) is 12.7. The fourth-order valence-corrected chi connectivity index (χ4v) is 2.81. The summed E-state index contributed by atoms with van der Waals surface area (Å²) in [5.74, 6) is 0.399. The molecule has 2 rings (SSSR count). The number of hydrogen-bond donors (Lipinski definition) is 2. The van der Waals surface area contributed by atoms with Crippen molar-refractivity contribution >= 4 is 23.5 Å². The van der Waals surface area contributed by atoms with Crippen molar-refractivity contribution in [3.05, 3.63) is 47.7 Å². The lowest BCUT2D eigenvalue weighted by Gasteiger charge is -2.11. The molecule has 22 heavy (non-hydrogen) atoms. The van der Waals surface area contributed by atoms with Crippen LogP contribution in [0.2, 0.25) is 0 Å². The van der Waals surface area contributed by atoms with Crippen LogP contribution in [-0.2, 0) is 11.2 Å². The van der Waals surface area contributed by atoms with Crippen molar-refractivity contribution in [2.75, 3.05) is 12.3 Å². The van der Waals surface area contributed by atoms with Crippen LogP contribution in [0.5, 0.6) is 0 Å². The summed E-state index contributed by atoms with van der Waals surface area (Å²) in [6.07, 6.45) is 0.817. The highest BCUT2D eigenvalue weighted by Crippen LogP contribution is 2.20. The number of aromatic nitrogens is 2. The lowest BCUT2D eigenvalue weighted by Crippen LogP contribution is -2.32. The number of benzene rings is 1. The third-order valence-corrected chi connectivity index (χ3v) is 4.02. The molecule has 0 bridgehead atoms. The van der Waals surface area contributed by atoms with Gasteiger partial charge in [-0.05, 0) is 25.8 Å². The van der Waals surface area contributed by atoms with Crippen molar-refractivity contribution in [3.8, 4) is 0 Å². The quantitative estimate of drug-likeness (QED) is 0.631. The maximum atomic E-state index is 12.1. The van der Waals surface area contributed by atoms with Crippen molar-refractivity contribution in [3.63, 3.8) is 0 Å². The minimum absolute atomic E-state index is 0.0235. The molecule has 0 spiro atoms. The Morgan fingerprint density at radius 3 is 2.73 bits per heavy atom. The van der Waals surface area contributed by atoms with E-state index in [2.05, 4.69) is 15.3 Å². The van der Waals surface area contributed by atoms with E-state index in [0.717, 1.165) is 12.1 Å². The predicted molar refractivity (Wildman–Crippen MR) is 89.7 cm³/mol. The second-order valence-corrected chi connectivity index (χ2v) is 6.31. The summed E-state index contributed by atoms with van der Waals surface area (Å²) in [7, 11) is 0. The number of carbonyl (C=O) groups is 1. The number of anilines is 1. The van der Waals surface area contributed by atoms with Gasteiger partial charge in [-0.25, -0.2) is 9.97 Å². The number of nitrogens with one attached hydrogen (secondary N) is 1. The Balaban J connectivity index is 1.81. The number of thioether (sulfide) groups is 1. The van der Waals surface area contributed by atoms with E-state index in [4.69, 9.17) is 5.73 Å². The number of aryl methyl sites for hydroxylation is 1. The molecule has 3 N–H and O–H groups in total. The molecule has 116 valence electrons. The average Bonchev–Trinajstić information content (AvgIpc) is 2.47. The van der Waals surface area contributed by atoms with Gasteiger partial charge in [-0.1, -0.05) is 42.1 Å². The van der Waals surface area contributed by atoms with Gasteiger partial charge in [0.15, 0.2) is 5.16 Å². The number of nitrogen functional groups attached to an aromatic ring is 1. The van der Waals surface area contributed by atoms with Crippen LogP contribution in [0.3, 0.4) is 0 Å². The lowest BCUT2D eigenvalue weighted by molar-refractivity contribution is -0.120. The predicted octanol–water partition coefficient (Wildman–Crippen LogP) is 2.21. The van der Waals surface area contributed by atoms with Crippen molar-refractivity contribution < 1.29 is 4.79 Å². The summed E-state index contributed by atoms with van der Waals surface area (Å²) < 4.78 is 0. The van der Waals surface area contributed by atoms with Gasteiger partial charge < -0.3 is 11.1 Å². The van der Waals surface area contributed by atoms with Gasteiger partial charge in [0.05, 0.1) is 5.25 Å². The second kappa shape index (κ2) is 7.79. The van der Waals surface area contributed by atoms with Crippen LogP contribution in [0.15, 0.2) is 41.6 Å². The molecule has 1 amide bonds. The second-order valence-electron chi connectivity index (χ2n) is 5.00. The van der Waals surface area contributed by atoms with E-state index < -0.39 is 0 Å². The van der Waals surface area contributed by atoms with Gasteiger partial charge in [0, 0.05) is 18.3 Å². The SMILES string of the molecule is Cc1cc(N)nc(S[C@H](C)C(=O)NCCc2ccccc2)n1. The molecule has 0 aliphatic rings. The molecule has 1 heterocycles. The third-order valence-electron chi connectivity index (χ3n) is 3.06. The Labute approximate surface area is 134 Å². The van der Waals surface area contributed by atoms with Crippen LogP contribution in [0, 0.1) is 6.92 Å². The molecule has 2 aromatic rings.